The molecule has 1 aromatic carbocycles. The van der Waals surface area contributed by atoms with Crippen LogP contribution in [0, 0.1) is 0 Å². The largest absolute Gasteiger partial charge is 0.573 e. The number of benzene rings is 1. The summed E-state index contributed by atoms with van der Waals surface area (Å²) in [6, 6.07) is 5.22. The molecule has 0 aromatic heterocycles. The Labute approximate surface area is 108 Å². The van der Waals surface area contributed by atoms with Gasteiger partial charge in [0.1, 0.15) is 5.75 Å². The van der Waals surface area contributed by atoms with Crippen LogP contribution in [0.25, 0.3) is 0 Å². The highest BCUT2D eigenvalue weighted by Gasteiger charge is 2.35. The molecule has 0 amide bonds. The molecule has 19 heavy (non-hydrogen) atoms. The summed E-state index contributed by atoms with van der Waals surface area (Å²) >= 11 is 0. The Morgan fingerprint density at radius 3 is 2.58 bits per heavy atom. The van der Waals surface area contributed by atoms with E-state index in [1.54, 1.807) is 0 Å². The molecule has 1 aromatic rings. The van der Waals surface area contributed by atoms with Crippen molar-refractivity contribution in [3.63, 3.8) is 0 Å². The summed E-state index contributed by atoms with van der Waals surface area (Å²) in [4.78, 5) is 0. The molecule has 1 N–H and O–H groups in total. The lowest BCUT2D eigenvalue weighted by Crippen LogP contribution is -2.26. The van der Waals surface area contributed by atoms with Crippen molar-refractivity contribution in [2.45, 2.75) is 31.0 Å². The van der Waals surface area contributed by atoms with Gasteiger partial charge in [0.05, 0.1) is 5.25 Å². The number of halogens is 3. The van der Waals surface area contributed by atoms with Gasteiger partial charge in [0.15, 0.2) is 0 Å². The highest BCUT2D eigenvalue weighted by Crippen LogP contribution is 2.28. The second-order valence-electron chi connectivity index (χ2n) is 4.26. The summed E-state index contributed by atoms with van der Waals surface area (Å²) in [5.74, 6) is -0.365. The van der Waals surface area contributed by atoms with Crippen LogP contribution in [0.1, 0.15) is 18.4 Å². The molecule has 0 spiro atoms. The molecule has 0 heterocycles. The summed E-state index contributed by atoms with van der Waals surface area (Å²) in [6.45, 7) is -0.0477. The molecule has 0 saturated heterocycles. The summed E-state index contributed by atoms with van der Waals surface area (Å²) in [5, 5.41) is -0.359. The van der Waals surface area contributed by atoms with E-state index in [0.717, 1.165) is 12.1 Å². The van der Waals surface area contributed by atoms with Crippen LogP contribution < -0.4 is 9.46 Å². The van der Waals surface area contributed by atoms with Gasteiger partial charge in [-0.15, -0.1) is 13.2 Å². The fraction of sp³-hybridized carbons (Fsp3) is 0.455. The van der Waals surface area contributed by atoms with Gasteiger partial charge in [-0.1, -0.05) is 12.1 Å². The molecule has 1 fully saturated rings. The van der Waals surface area contributed by atoms with Crippen LogP contribution in [-0.4, -0.2) is 20.0 Å². The van der Waals surface area contributed by atoms with Crippen LogP contribution in [0.5, 0.6) is 5.75 Å². The maximum absolute atomic E-state index is 12.0. The van der Waals surface area contributed by atoms with Crippen molar-refractivity contribution in [3.05, 3.63) is 29.8 Å². The molecule has 1 aliphatic carbocycles. The average molecular weight is 295 g/mol. The summed E-state index contributed by atoms with van der Waals surface area (Å²) in [7, 11) is -3.35. The molecule has 8 heteroatoms. The van der Waals surface area contributed by atoms with Crippen molar-refractivity contribution in [3.8, 4) is 5.75 Å². The third-order valence-electron chi connectivity index (χ3n) is 2.57. The summed E-state index contributed by atoms with van der Waals surface area (Å²) < 4.78 is 65.3. The number of sulfonamides is 1. The number of hydrogen-bond acceptors (Lipinski definition) is 3. The van der Waals surface area contributed by atoms with E-state index in [1.165, 1.54) is 12.1 Å². The van der Waals surface area contributed by atoms with Gasteiger partial charge in [-0.3, -0.25) is 0 Å². The molecule has 1 saturated carbocycles. The number of hydrogen-bond donors (Lipinski definition) is 1. The lowest BCUT2D eigenvalue weighted by Gasteiger charge is -2.10. The smallest absolute Gasteiger partial charge is 0.406 e. The van der Waals surface area contributed by atoms with Crippen molar-refractivity contribution >= 4 is 10.0 Å². The van der Waals surface area contributed by atoms with Gasteiger partial charge in [-0.25, -0.2) is 13.1 Å². The van der Waals surface area contributed by atoms with Crippen molar-refractivity contribution in [2.75, 3.05) is 0 Å². The SMILES string of the molecule is O=S(=O)(NCc1cccc(OC(F)(F)F)c1)C1CC1. The van der Waals surface area contributed by atoms with Crippen LogP contribution in [-0.2, 0) is 16.6 Å². The minimum atomic E-state index is -4.76. The van der Waals surface area contributed by atoms with E-state index in [2.05, 4.69) is 9.46 Å². The van der Waals surface area contributed by atoms with Crippen molar-refractivity contribution in [2.24, 2.45) is 0 Å². The molecule has 2 rings (SSSR count). The van der Waals surface area contributed by atoms with E-state index in [9.17, 15) is 21.6 Å². The standard InChI is InChI=1S/C11H12F3NO3S/c12-11(13,14)18-9-3-1-2-8(6-9)7-15-19(16,17)10-4-5-10/h1-3,6,10,15H,4-5,7H2. The predicted molar refractivity (Wildman–Crippen MR) is 61.9 cm³/mol. The van der Waals surface area contributed by atoms with Gasteiger partial charge >= 0.3 is 6.36 Å². The first-order chi connectivity index (χ1) is 8.76. The molecule has 0 bridgehead atoms. The number of rotatable bonds is 5. The Kier molecular flexibility index (Phi) is 3.73. The molecule has 1 aliphatic rings. The van der Waals surface area contributed by atoms with Crippen molar-refractivity contribution < 1.29 is 26.3 Å². The Morgan fingerprint density at radius 1 is 1.32 bits per heavy atom. The van der Waals surface area contributed by atoms with E-state index in [4.69, 9.17) is 0 Å². The van der Waals surface area contributed by atoms with E-state index in [0.29, 0.717) is 18.4 Å². The van der Waals surface area contributed by atoms with Gasteiger partial charge in [0.2, 0.25) is 10.0 Å². The number of ether oxygens (including phenoxy) is 1. The lowest BCUT2D eigenvalue weighted by molar-refractivity contribution is -0.274. The zero-order chi connectivity index (χ0) is 14.1. The predicted octanol–water partition coefficient (Wildman–Crippen LogP) is 2.17. The topological polar surface area (TPSA) is 55.4 Å². The summed E-state index contributed by atoms with van der Waals surface area (Å²) in [6.07, 6.45) is -3.49. The van der Waals surface area contributed by atoms with Gasteiger partial charge in [-0.05, 0) is 30.5 Å². The average Bonchev–Trinajstić information content (AvgIpc) is 3.08. The maximum Gasteiger partial charge on any atom is 0.573 e. The van der Waals surface area contributed by atoms with Gasteiger partial charge in [-0.2, -0.15) is 0 Å². The zero-order valence-corrected chi connectivity index (χ0v) is 10.6. The van der Waals surface area contributed by atoms with Crippen LogP contribution in [0.15, 0.2) is 24.3 Å². The normalized spacial score (nSPS) is 16.4. The fourth-order valence-corrected chi connectivity index (χ4v) is 2.89. The highest BCUT2D eigenvalue weighted by atomic mass is 32.2. The molecular weight excluding hydrogens is 283 g/mol. The third-order valence-corrected chi connectivity index (χ3v) is 4.47. The fourth-order valence-electron chi connectivity index (χ4n) is 1.53. The van der Waals surface area contributed by atoms with Crippen LogP contribution in [0.4, 0.5) is 13.2 Å². The maximum atomic E-state index is 12.0. The second-order valence-corrected chi connectivity index (χ2v) is 6.31. The molecule has 0 atom stereocenters. The number of alkyl halides is 3. The van der Waals surface area contributed by atoms with E-state index in [-0.39, 0.29) is 17.5 Å². The first-order valence-corrected chi connectivity index (χ1v) is 7.14. The first kappa shape index (κ1) is 14.1. The Balaban J connectivity index is 1.99. The van der Waals surface area contributed by atoms with E-state index in [1.807, 2.05) is 0 Å². The second kappa shape index (κ2) is 5.01. The Morgan fingerprint density at radius 2 is 2.00 bits per heavy atom. The third kappa shape index (κ3) is 4.39. The molecule has 0 aliphatic heterocycles. The van der Waals surface area contributed by atoms with Crippen LogP contribution >= 0.6 is 0 Å². The van der Waals surface area contributed by atoms with Crippen molar-refractivity contribution in [1.29, 1.82) is 0 Å². The van der Waals surface area contributed by atoms with Crippen molar-refractivity contribution in [1.82, 2.24) is 4.72 Å². The zero-order valence-electron chi connectivity index (χ0n) is 9.77. The molecule has 4 nitrogen and oxygen atoms in total. The van der Waals surface area contributed by atoms with Gasteiger partial charge in [0, 0.05) is 6.54 Å². The lowest BCUT2D eigenvalue weighted by atomic mass is 10.2. The van der Waals surface area contributed by atoms with Gasteiger partial charge < -0.3 is 4.74 Å². The van der Waals surface area contributed by atoms with Crippen LogP contribution in [0.3, 0.4) is 0 Å². The highest BCUT2D eigenvalue weighted by molar-refractivity contribution is 7.90. The monoisotopic (exact) mass is 295 g/mol. The van der Waals surface area contributed by atoms with E-state index >= 15 is 0 Å². The minimum absolute atomic E-state index is 0.0477. The molecule has 0 unspecified atom stereocenters. The Bertz CT molecular complexity index is 553. The Hall–Kier alpha value is -1.28. The molecular formula is C11H12F3NO3S. The quantitative estimate of drug-likeness (QED) is 0.905. The number of nitrogens with one attached hydrogen (secondary N) is 1. The van der Waals surface area contributed by atoms with Crippen LogP contribution in [0.2, 0.25) is 0 Å². The first-order valence-electron chi connectivity index (χ1n) is 5.59. The molecule has 0 radical (unpaired) electrons. The minimum Gasteiger partial charge on any atom is -0.406 e. The molecule has 106 valence electrons. The van der Waals surface area contributed by atoms with E-state index < -0.39 is 16.4 Å². The van der Waals surface area contributed by atoms with Gasteiger partial charge in [0.25, 0.3) is 0 Å². The summed E-state index contributed by atoms with van der Waals surface area (Å²) in [5.41, 5.74) is 0.408.